The first kappa shape index (κ1) is 13.4. The van der Waals surface area contributed by atoms with Crippen molar-refractivity contribution in [3.8, 4) is 0 Å². The number of nitrogens with two attached hydrogens (primary N) is 1. The Morgan fingerprint density at radius 3 is 2.68 bits per heavy atom. The standard InChI is InChI=1S/C15H14ClNO2/c1-10-8-12(17)6-7-13(10)15(18)19-9-11-4-2-3-5-14(11)16/h2-8H,9,17H2,1H3. The Morgan fingerprint density at radius 2 is 2.00 bits per heavy atom. The highest BCUT2D eigenvalue weighted by atomic mass is 35.5. The third-order valence-corrected chi connectivity index (χ3v) is 3.16. The van der Waals surface area contributed by atoms with Gasteiger partial charge in [0.05, 0.1) is 5.56 Å². The molecule has 19 heavy (non-hydrogen) atoms. The minimum absolute atomic E-state index is 0.155. The molecular weight excluding hydrogens is 262 g/mol. The second-order valence-electron chi connectivity index (χ2n) is 4.24. The van der Waals surface area contributed by atoms with E-state index in [1.165, 1.54) is 0 Å². The number of carbonyl (C=O) groups excluding carboxylic acids is 1. The van der Waals surface area contributed by atoms with Crippen LogP contribution in [0.2, 0.25) is 5.02 Å². The van der Waals surface area contributed by atoms with Gasteiger partial charge < -0.3 is 10.5 Å². The molecule has 0 amide bonds. The van der Waals surface area contributed by atoms with E-state index >= 15 is 0 Å². The Labute approximate surface area is 117 Å². The molecule has 2 aromatic rings. The van der Waals surface area contributed by atoms with Crippen LogP contribution in [0.4, 0.5) is 5.69 Å². The largest absolute Gasteiger partial charge is 0.457 e. The van der Waals surface area contributed by atoms with E-state index in [9.17, 15) is 4.79 Å². The molecule has 0 aliphatic carbocycles. The van der Waals surface area contributed by atoms with Crippen molar-refractivity contribution >= 4 is 23.3 Å². The van der Waals surface area contributed by atoms with Crippen LogP contribution in [0.5, 0.6) is 0 Å². The van der Waals surface area contributed by atoms with E-state index in [1.807, 2.05) is 25.1 Å². The summed E-state index contributed by atoms with van der Waals surface area (Å²) >= 11 is 6.00. The number of hydrogen-bond acceptors (Lipinski definition) is 3. The molecule has 4 heteroatoms. The van der Waals surface area contributed by atoms with Crippen molar-refractivity contribution in [3.05, 3.63) is 64.2 Å². The maximum absolute atomic E-state index is 12.0. The predicted octanol–water partition coefficient (Wildman–Crippen LogP) is 3.59. The third kappa shape index (κ3) is 3.26. The third-order valence-electron chi connectivity index (χ3n) is 2.79. The van der Waals surface area contributed by atoms with Gasteiger partial charge >= 0.3 is 5.97 Å². The summed E-state index contributed by atoms with van der Waals surface area (Å²) in [5, 5.41) is 0.587. The zero-order valence-corrected chi connectivity index (χ0v) is 11.3. The molecule has 0 aliphatic rings. The molecule has 0 saturated carbocycles. The van der Waals surface area contributed by atoms with E-state index in [4.69, 9.17) is 22.1 Å². The van der Waals surface area contributed by atoms with Gasteiger partial charge in [0.2, 0.25) is 0 Å². The first-order chi connectivity index (χ1) is 9.08. The number of ether oxygens (including phenoxy) is 1. The number of halogens is 1. The van der Waals surface area contributed by atoms with Crippen LogP contribution in [0, 0.1) is 6.92 Å². The van der Waals surface area contributed by atoms with E-state index in [1.54, 1.807) is 24.3 Å². The lowest BCUT2D eigenvalue weighted by atomic mass is 10.1. The summed E-state index contributed by atoms with van der Waals surface area (Å²) < 4.78 is 5.25. The zero-order valence-electron chi connectivity index (χ0n) is 10.5. The smallest absolute Gasteiger partial charge is 0.338 e. The van der Waals surface area contributed by atoms with Gasteiger partial charge in [-0.25, -0.2) is 4.79 Å². The predicted molar refractivity (Wildman–Crippen MR) is 76.2 cm³/mol. The summed E-state index contributed by atoms with van der Waals surface area (Å²) in [6.07, 6.45) is 0. The van der Waals surface area contributed by atoms with Gasteiger partial charge in [-0.3, -0.25) is 0 Å². The van der Waals surface area contributed by atoms with Crippen molar-refractivity contribution in [1.29, 1.82) is 0 Å². The normalized spacial score (nSPS) is 10.2. The maximum atomic E-state index is 12.0. The molecular formula is C15H14ClNO2. The zero-order chi connectivity index (χ0) is 13.8. The fourth-order valence-corrected chi connectivity index (χ4v) is 1.94. The van der Waals surface area contributed by atoms with E-state index in [0.717, 1.165) is 11.1 Å². The molecule has 2 N–H and O–H groups in total. The lowest BCUT2D eigenvalue weighted by Crippen LogP contribution is -2.07. The number of aryl methyl sites for hydroxylation is 1. The lowest BCUT2D eigenvalue weighted by Gasteiger charge is -2.08. The molecule has 0 fully saturated rings. The van der Waals surface area contributed by atoms with E-state index in [2.05, 4.69) is 0 Å². The highest BCUT2D eigenvalue weighted by Crippen LogP contribution is 2.18. The van der Waals surface area contributed by atoms with E-state index < -0.39 is 0 Å². The summed E-state index contributed by atoms with van der Waals surface area (Å²) in [5.74, 6) is -0.377. The van der Waals surface area contributed by atoms with Crippen LogP contribution in [0.1, 0.15) is 21.5 Å². The van der Waals surface area contributed by atoms with Gasteiger partial charge in [0.1, 0.15) is 6.61 Å². The molecule has 0 aliphatic heterocycles. The molecule has 0 bridgehead atoms. The van der Waals surface area contributed by atoms with Gasteiger partial charge in [0.25, 0.3) is 0 Å². The summed E-state index contributed by atoms with van der Waals surface area (Å²) in [6.45, 7) is 1.98. The average molecular weight is 276 g/mol. The van der Waals surface area contributed by atoms with E-state index in [-0.39, 0.29) is 12.6 Å². The quantitative estimate of drug-likeness (QED) is 0.688. The van der Waals surface area contributed by atoms with Gasteiger partial charge in [-0.05, 0) is 36.8 Å². The van der Waals surface area contributed by atoms with Crippen molar-refractivity contribution in [2.75, 3.05) is 5.73 Å². The monoisotopic (exact) mass is 275 g/mol. The van der Waals surface area contributed by atoms with Gasteiger partial charge in [-0.2, -0.15) is 0 Å². The van der Waals surface area contributed by atoms with Gasteiger partial charge in [-0.15, -0.1) is 0 Å². The van der Waals surface area contributed by atoms with E-state index in [0.29, 0.717) is 16.3 Å². The summed E-state index contributed by atoms with van der Waals surface area (Å²) in [5.41, 5.74) is 8.36. The van der Waals surface area contributed by atoms with Gasteiger partial charge in [0, 0.05) is 16.3 Å². The number of anilines is 1. The number of nitrogen functional groups attached to an aromatic ring is 1. The molecule has 0 heterocycles. The van der Waals surface area contributed by atoms with Crippen LogP contribution in [0.3, 0.4) is 0 Å². The second kappa shape index (κ2) is 5.76. The van der Waals surface area contributed by atoms with Crippen LogP contribution < -0.4 is 5.73 Å². The van der Waals surface area contributed by atoms with Crippen LogP contribution >= 0.6 is 11.6 Å². The minimum Gasteiger partial charge on any atom is -0.457 e. The topological polar surface area (TPSA) is 52.3 Å². The number of rotatable bonds is 3. The molecule has 0 spiro atoms. The summed E-state index contributed by atoms with van der Waals surface area (Å²) in [7, 11) is 0. The highest BCUT2D eigenvalue weighted by Gasteiger charge is 2.11. The Hall–Kier alpha value is -2.00. The number of benzene rings is 2. The van der Waals surface area contributed by atoms with Crippen LogP contribution in [-0.2, 0) is 11.3 Å². The van der Waals surface area contributed by atoms with Crippen LogP contribution in [-0.4, -0.2) is 5.97 Å². The average Bonchev–Trinajstić information content (AvgIpc) is 2.37. The fourth-order valence-electron chi connectivity index (χ4n) is 1.75. The Balaban J connectivity index is 2.08. The SMILES string of the molecule is Cc1cc(N)ccc1C(=O)OCc1ccccc1Cl. The van der Waals surface area contributed by atoms with Crippen LogP contribution in [0.15, 0.2) is 42.5 Å². The highest BCUT2D eigenvalue weighted by molar-refractivity contribution is 6.31. The number of esters is 1. The summed E-state index contributed by atoms with van der Waals surface area (Å²) in [4.78, 5) is 12.0. The molecule has 0 atom stereocenters. The number of hydrogen-bond donors (Lipinski definition) is 1. The molecule has 2 rings (SSSR count). The van der Waals surface area contributed by atoms with Crippen molar-refractivity contribution in [1.82, 2.24) is 0 Å². The Kier molecular flexibility index (Phi) is 4.07. The molecule has 0 unspecified atom stereocenters. The van der Waals surface area contributed by atoms with Crippen molar-refractivity contribution in [2.24, 2.45) is 0 Å². The Morgan fingerprint density at radius 1 is 1.26 bits per heavy atom. The minimum atomic E-state index is -0.377. The van der Waals surface area contributed by atoms with Crippen molar-refractivity contribution in [3.63, 3.8) is 0 Å². The molecule has 0 radical (unpaired) electrons. The number of carbonyl (C=O) groups is 1. The first-order valence-corrected chi connectivity index (χ1v) is 6.22. The van der Waals surface area contributed by atoms with Gasteiger partial charge in [-0.1, -0.05) is 29.8 Å². The molecule has 2 aromatic carbocycles. The molecule has 3 nitrogen and oxygen atoms in total. The maximum Gasteiger partial charge on any atom is 0.338 e. The fraction of sp³-hybridized carbons (Fsp3) is 0.133. The van der Waals surface area contributed by atoms with Crippen LogP contribution in [0.25, 0.3) is 0 Å². The molecule has 0 saturated heterocycles. The lowest BCUT2D eigenvalue weighted by molar-refractivity contribution is 0.0472. The summed E-state index contributed by atoms with van der Waals surface area (Å²) in [6, 6.07) is 12.4. The van der Waals surface area contributed by atoms with Crippen molar-refractivity contribution < 1.29 is 9.53 Å². The molecule has 98 valence electrons. The molecule has 0 aromatic heterocycles. The van der Waals surface area contributed by atoms with Crippen molar-refractivity contribution in [2.45, 2.75) is 13.5 Å². The van der Waals surface area contributed by atoms with Gasteiger partial charge in [0.15, 0.2) is 0 Å². The first-order valence-electron chi connectivity index (χ1n) is 5.84. The Bertz CT molecular complexity index is 611. The second-order valence-corrected chi connectivity index (χ2v) is 4.65.